The number of thioether (sulfide) groups is 1. The van der Waals surface area contributed by atoms with Crippen molar-refractivity contribution in [3.05, 3.63) is 0 Å². The maximum absolute atomic E-state index is 13.1. The molecule has 7 heteroatoms. The zero-order chi connectivity index (χ0) is 16.7. The van der Waals surface area contributed by atoms with Gasteiger partial charge in [-0.05, 0) is 49.0 Å². The van der Waals surface area contributed by atoms with Crippen LogP contribution in [0.4, 0.5) is 13.2 Å². The van der Waals surface area contributed by atoms with E-state index in [2.05, 4.69) is 15.6 Å². The Balaban J connectivity index is 1.77. The zero-order valence-corrected chi connectivity index (χ0v) is 14.6. The molecule has 2 rings (SSSR count). The topological polar surface area (TPSA) is 36.4 Å². The first kappa shape index (κ1) is 18.7. The van der Waals surface area contributed by atoms with Gasteiger partial charge in [0.2, 0.25) is 0 Å². The van der Waals surface area contributed by atoms with E-state index < -0.39 is 12.1 Å². The summed E-state index contributed by atoms with van der Waals surface area (Å²) in [5.74, 6) is 2.18. The fourth-order valence-corrected chi connectivity index (χ4v) is 4.73. The lowest BCUT2D eigenvalue weighted by Crippen LogP contribution is -2.45. The standard InChI is InChI=1S/C16H28F3N3S/c1-20-15(21-10-12-6-8-23-9-7-12)22-11-13-4-2-3-5-14(13)16(17,18)19/h12-14H,2-11H2,1H3,(H2,20,21,22). The van der Waals surface area contributed by atoms with Crippen LogP contribution in [-0.2, 0) is 0 Å². The summed E-state index contributed by atoms with van der Waals surface area (Å²) >= 11 is 1.99. The van der Waals surface area contributed by atoms with Crippen LogP contribution >= 0.6 is 11.8 Å². The SMILES string of the molecule is CN=C(NCC1CCSCC1)NCC1CCCCC1C(F)(F)F. The van der Waals surface area contributed by atoms with E-state index in [4.69, 9.17) is 0 Å². The molecule has 1 saturated heterocycles. The van der Waals surface area contributed by atoms with E-state index in [0.29, 0.717) is 31.3 Å². The lowest BCUT2D eigenvalue weighted by molar-refractivity contribution is -0.195. The van der Waals surface area contributed by atoms with E-state index in [1.165, 1.54) is 24.3 Å². The minimum absolute atomic E-state index is 0.265. The van der Waals surface area contributed by atoms with Crippen LogP contribution in [0.5, 0.6) is 0 Å². The molecular formula is C16H28F3N3S. The Hall–Kier alpha value is -0.590. The van der Waals surface area contributed by atoms with Gasteiger partial charge in [0.25, 0.3) is 0 Å². The van der Waals surface area contributed by atoms with Gasteiger partial charge in [0.15, 0.2) is 5.96 Å². The quantitative estimate of drug-likeness (QED) is 0.599. The molecule has 0 aromatic heterocycles. The molecule has 1 aliphatic heterocycles. The number of guanidine groups is 1. The summed E-state index contributed by atoms with van der Waals surface area (Å²) in [7, 11) is 1.67. The first-order chi connectivity index (χ1) is 11.0. The Bertz CT molecular complexity index is 381. The highest BCUT2D eigenvalue weighted by Gasteiger charge is 2.45. The third-order valence-corrected chi connectivity index (χ3v) is 6.03. The fourth-order valence-electron chi connectivity index (χ4n) is 3.52. The minimum atomic E-state index is -4.08. The molecule has 0 amide bonds. The average molecular weight is 351 g/mol. The van der Waals surface area contributed by atoms with Crippen molar-refractivity contribution in [2.75, 3.05) is 31.6 Å². The van der Waals surface area contributed by atoms with Crippen LogP contribution in [0.25, 0.3) is 0 Å². The summed E-state index contributed by atoms with van der Waals surface area (Å²) in [6.07, 6.45) is 0.817. The number of rotatable bonds is 4. The van der Waals surface area contributed by atoms with E-state index in [0.717, 1.165) is 13.0 Å². The van der Waals surface area contributed by atoms with Gasteiger partial charge in [0.05, 0.1) is 5.92 Å². The van der Waals surface area contributed by atoms with Crippen molar-refractivity contribution in [3.8, 4) is 0 Å². The van der Waals surface area contributed by atoms with Crippen molar-refractivity contribution in [1.29, 1.82) is 0 Å². The molecule has 0 bridgehead atoms. The maximum atomic E-state index is 13.1. The monoisotopic (exact) mass is 351 g/mol. The predicted molar refractivity (Wildman–Crippen MR) is 90.9 cm³/mol. The summed E-state index contributed by atoms with van der Waals surface area (Å²) in [6, 6.07) is 0. The number of halogens is 3. The molecule has 0 aromatic rings. The smallest absolute Gasteiger partial charge is 0.356 e. The van der Waals surface area contributed by atoms with Crippen LogP contribution in [0.15, 0.2) is 4.99 Å². The molecule has 23 heavy (non-hydrogen) atoms. The molecule has 2 unspecified atom stereocenters. The van der Waals surface area contributed by atoms with Crippen LogP contribution in [-0.4, -0.2) is 43.8 Å². The Kier molecular flexibility index (Phi) is 7.37. The number of aliphatic imine (C=N–C) groups is 1. The lowest BCUT2D eigenvalue weighted by Gasteiger charge is -2.33. The van der Waals surface area contributed by atoms with Crippen molar-refractivity contribution in [3.63, 3.8) is 0 Å². The summed E-state index contributed by atoms with van der Waals surface area (Å²) in [6.45, 7) is 1.21. The highest BCUT2D eigenvalue weighted by Crippen LogP contribution is 2.41. The number of hydrogen-bond acceptors (Lipinski definition) is 2. The van der Waals surface area contributed by atoms with E-state index in [9.17, 15) is 13.2 Å². The predicted octanol–water partition coefficient (Wildman–Crippen LogP) is 3.66. The van der Waals surface area contributed by atoms with E-state index >= 15 is 0 Å². The summed E-state index contributed by atoms with van der Waals surface area (Å²) in [4.78, 5) is 4.15. The van der Waals surface area contributed by atoms with Crippen molar-refractivity contribution in [2.45, 2.75) is 44.7 Å². The average Bonchev–Trinajstić information content (AvgIpc) is 2.55. The molecular weight excluding hydrogens is 323 g/mol. The van der Waals surface area contributed by atoms with Gasteiger partial charge in [-0.15, -0.1) is 0 Å². The lowest BCUT2D eigenvalue weighted by atomic mass is 9.79. The first-order valence-corrected chi connectivity index (χ1v) is 9.75. The van der Waals surface area contributed by atoms with Crippen molar-refractivity contribution in [1.82, 2.24) is 10.6 Å². The second kappa shape index (κ2) is 9.04. The van der Waals surface area contributed by atoms with Crippen molar-refractivity contribution in [2.24, 2.45) is 22.7 Å². The summed E-state index contributed by atoms with van der Waals surface area (Å²) in [5.41, 5.74) is 0. The molecule has 1 heterocycles. The number of hydrogen-bond donors (Lipinski definition) is 2. The third-order valence-electron chi connectivity index (χ3n) is 4.98. The molecule has 2 fully saturated rings. The maximum Gasteiger partial charge on any atom is 0.392 e. The van der Waals surface area contributed by atoms with Gasteiger partial charge in [0, 0.05) is 20.1 Å². The molecule has 0 radical (unpaired) electrons. The Labute approximate surface area is 141 Å². The van der Waals surface area contributed by atoms with Gasteiger partial charge < -0.3 is 10.6 Å². The Morgan fingerprint density at radius 1 is 1.04 bits per heavy atom. The van der Waals surface area contributed by atoms with E-state index in [-0.39, 0.29) is 12.3 Å². The van der Waals surface area contributed by atoms with E-state index in [1.807, 2.05) is 11.8 Å². The second-order valence-electron chi connectivity index (χ2n) is 6.58. The number of nitrogens with zero attached hydrogens (tertiary/aromatic N) is 1. The summed E-state index contributed by atoms with van der Waals surface area (Å²) < 4.78 is 39.3. The Morgan fingerprint density at radius 2 is 1.70 bits per heavy atom. The van der Waals surface area contributed by atoms with Gasteiger partial charge >= 0.3 is 6.18 Å². The van der Waals surface area contributed by atoms with Gasteiger partial charge in [-0.2, -0.15) is 24.9 Å². The van der Waals surface area contributed by atoms with Crippen molar-refractivity contribution >= 4 is 17.7 Å². The third kappa shape index (κ3) is 6.08. The molecule has 1 aliphatic carbocycles. The highest BCUT2D eigenvalue weighted by molar-refractivity contribution is 7.99. The zero-order valence-electron chi connectivity index (χ0n) is 13.8. The van der Waals surface area contributed by atoms with Gasteiger partial charge in [-0.3, -0.25) is 4.99 Å². The number of nitrogens with one attached hydrogen (secondary N) is 2. The van der Waals surface area contributed by atoms with Gasteiger partial charge in [0.1, 0.15) is 0 Å². The first-order valence-electron chi connectivity index (χ1n) is 8.59. The molecule has 2 atom stereocenters. The van der Waals surface area contributed by atoms with Crippen LogP contribution in [0.3, 0.4) is 0 Å². The summed E-state index contributed by atoms with van der Waals surface area (Å²) in [5, 5.41) is 6.40. The van der Waals surface area contributed by atoms with Gasteiger partial charge in [-0.25, -0.2) is 0 Å². The molecule has 134 valence electrons. The molecule has 3 nitrogen and oxygen atoms in total. The normalized spacial score (nSPS) is 27.7. The Morgan fingerprint density at radius 3 is 2.35 bits per heavy atom. The van der Waals surface area contributed by atoms with Crippen LogP contribution in [0, 0.1) is 17.8 Å². The fraction of sp³-hybridized carbons (Fsp3) is 0.938. The molecule has 2 N–H and O–H groups in total. The van der Waals surface area contributed by atoms with Crippen molar-refractivity contribution < 1.29 is 13.2 Å². The largest absolute Gasteiger partial charge is 0.392 e. The molecule has 0 spiro atoms. The highest BCUT2D eigenvalue weighted by atomic mass is 32.2. The molecule has 1 saturated carbocycles. The van der Waals surface area contributed by atoms with Crippen LogP contribution < -0.4 is 10.6 Å². The van der Waals surface area contributed by atoms with Gasteiger partial charge in [-0.1, -0.05) is 12.8 Å². The molecule has 0 aromatic carbocycles. The van der Waals surface area contributed by atoms with Crippen LogP contribution in [0.2, 0.25) is 0 Å². The minimum Gasteiger partial charge on any atom is -0.356 e. The number of alkyl halides is 3. The second-order valence-corrected chi connectivity index (χ2v) is 7.81. The van der Waals surface area contributed by atoms with Crippen LogP contribution in [0.1, 0.15) is 38.5 Å². The van der Waals surface area contributed by atoms with E-state index in [1.54, 1.807) is 7.05 Å². The molecule has 2 aliphatic rings.